The van der Waals surface area contributed by atoms with Gasteiger partial charge in [-0.3, -0.25) is 9.59 Å². The minimum absolute atomic E-state index is 0.0644. The molecule has 1 heterocycles. The Hall–Kier alpha value is -2.33. The van der Waals surface area contributed by atoms with Crippen molar-refractivity contribution in [1.29, 1.82) is 0 Å². The van der Waals surface area contributed by atoms with Crippen molar-refractivity contribution in [1.82, 2.24) is 10.6 Å². The fourth-order valence-electron chi connectivity index (χ4n) is 1.61. The van der Waals surface area contributed by atoms with Crippen molar-refractivity contribution in [3.05, 3.63) is 25.3 Å². The Morgan fingerprint density at radius 2 is 1.92 bits per heavy atom. The van der Waals surface area contributed by atoms with Gasteiger partial charge in [0.1, 0.15) is 18.2 Å². The molecule has 0 saturated carbocycles. The molecule has 1 unspecified atom stereocenters. The van der Waals surface area contributed by atoms with E-state index >= 15 is 0 Å². The van der Waals surface area contributed by atoms with Gasteiger partial charge in [0.2, 0.25) is 5.91 Å². The smallest absolute Gasteiger partial charge is 0.330 e. The molecule has 0 aromatic carbocycles. The van der Waals surface area contributed by atoms with Gasteiger partial charge in [0, 0.05) is 24.8 Å². The van der Waals surface area contributed by atoms with Crippen LogP contribution in [0.4, 0.5) is 0 Å². The van der Waals surface area contributed by atoms with Crippen LogP contribution in [0.25, 0.3) is 0 Å². The molecule has 0 spiro atoms. The molecule has 1 saturated heterocycles. The molecule has 0 bridgehead atoms. The first-order chi connectivity index (χ1) is 11.2. The maximum atomic E-state index is 10.7. The third kappa shape index (κ3) is 8.34. The van der Waals surface area contributed by atoms with E-state index in [0.29, 0.717) is 13.0 Å². The van der Waals surface area contributed by atoms with Crippen LogP contribution < -0.4 is 10.6 Å². The summed E-state index contributed by atoms with van der Waals surface area (Å²) >= 11 is 3.74. The van der Waals surface area contributed by atoms with Crippen LogP contribution in [0.5, 0.6) is 0 Å². The third-order valence-electron chi connectivity index (χ3n) is 2.82. The summed E-state index contributed by atoms with van der Waals surface area (Å²) < 4.78 is 4.86. The van der Waals surface area contributed by atoms with Gasteiger partial charge < -0.3 is 25.6 Å². The fraction of sp³-hybridized carbons (Fsp3) is 0.429. The summed E-state index contributed by atoms with van der Waals surface area (Å²) in [6, 6.07) is -1.55. The summed E-state index contributed by atoms with van der Waals surface area (Å²) in [4.78, 5) is 42.1. The molecule has 10 heteroatoms. The van der Waals surface area contributed by atoms with Crippen molar-refractivity contribution >= 4 is 36.4 Å². The Bertz CT molecular complexity index is 509. The number of rotatable bonds is 7. The number of nitrogens with one attached hydrogen (secondary N) is 2. The Kier molecular flexibility index (Phi) is 10.2. The number of hydrogen-bond donors (Lipinski definition) is 5. The SMILES string of the molecule is C=CC(=O)N[C@@H](CS)C(=O)O.C=CC(=O)OC1CN[C@H](C(=O)O)C1. The second kappa shape index (κ2) is 11.2. The van der Waals surface area contributed by atoms with Crippen LogP contribution >= 0.6 is 12.6 Å². The molecular weight excluding hydrogens is 340 g/mol. The first-order valence-electron chi connectivity index (χ1n) is 6.80. The molecule has 24 heavy (non-hydrogen) atoms. The first-order valence-corrected chi connectivity index (χ1v) is 7.44. The third-order valence-corrected chi connectivity index (χ3v) is 3.19. The van der Waals surface area contributed by atoms with Gasteiger partial charge in [0.15, 0.2) is 0 Å². The molecule has 0 aliphatic carbocycles. The molecular formula is C14H20N2O7S. The number of carbonyl (C=O) groups excluding carboxylic acids is 2. The average molecular weight is 360 g/mol. The van der Waals surface area contributed by atoms with E-state index in [-0.39, 0.29) is 11.9 Å². The maximum absolute atomic E-state index is 10.7. The van der Waals surface area contributed by atoms with Gasteiger partial charge in [0.25, 0.3) is 0 Å². The van der Waals surface area contributed by atoms with Crippen LogP contribution in [0.15, 0.2) is 25.3 Å². The van der Waals surface area contributed by atoms with Crippen molar-refractivity contribution in [3.8, 4) is 0 Å². The minimum atomic E-state index is -1.10. The van der Waals surface area contributed by atoms with Gasteiger partial charge in [-0.1, -0.05) is 13.2 Å². The van der Waals surface area contributed by atoms with Crippen LogP contribution in [-0.4, -0.2) is 64.5 Å². The Morgan fingerprint density at radius 1 is 1.29 bits per heavy atom. The van der Waals surface area contributed by atoms with Crippen LogP contribution in [0.3, 0.4) is 0 Å². The highest BCUT2D eigenvalue weighted by Crippen LogP contribution is 2.10. The maximum Gasteiger partial charge on any atom is 0.330 e. The minimum Gasteiger partial charge on any atom is -0.480 e. The lowest BCUT2D eigenvalue weighted by Gasteiger charge is -2.08. The van der Waals surface area contributed by atoms with Gasteiger partial charge in [-0.2, -0.15) is 12.6 Å². The zero-order chi connectivity index (χ0) is 18.7. The zero-order valence-electron chi connectivity index (χ0n) is 12.8. The Morgan fingerprint density at radius 3 is 2.29 bits per heavy atom. The van der Waals surface area contributed by atoms with E-state index in [1.807, 2.05) is 0 Å². The number of esters is 1. The highest BCUT2D eigenvalue weighted by molar-refractivity contribution is 7.80. The van der Waals surface area contributed by atoms with Crippen molar-refractivity contribution in [3.63, 3.8) is 0 Å². The van der Waals surface area contributed by atoms with Gasteiger partial charge in [-0.05, 0) is 6.08 Å². The summed E-state index contributed by atoms with van der Waals surface area (Å²) in [6.45, 7) is 6.81. The Balaban J connectivity index is 0.000000449. The molecule has 0 radical (unpaired) electrons. The molecule has 1 aliphatic rings. The molecule has 0 aromatic rings. The van der Waals surface area contributed by atoms with Crippen molar-refractivity contribution in [2.75, 3.05) is 12.3 Å². The van der Waals surface area contributed by atoms with E-state index < -0.39 is 35.9 Å². The number of aliphatic carboxylic acids is 2. The van der Waals surface area contributed by atoms with E-state index in [4.69, 9.17) is 14.9 Å². The topological polar surface area (TPSA) is 142 Å². The summed E-state index contributed by atoms with van der Waals surface area (Å²) in [5, 5.41) is 21.9. The first kappa shape index (κ1) is 21.7. The van der Waals surface area contributed by atoms with Gasteiger partial charge in [-0.15, -0.1) is 0 Å². The highest BCUT2D eigenvalue weighted by Gasteiger charge is 2.30. The van der Waals surface area contributed by atoms with E-state index in [1.165, 1.54) is 0 Å². The van der Waals surface area contributed by atoms with E-state index in [0.717, 1.165) is 12.2 Å². The molecule has 4 N–H and O–H groups in total. The number of carboxylic acids is 2. The summed E-state index contributed by atoms with van der Waals surface area (Å²) in [5.41, 5.74) is 0. The quantitative estimate of drug-likeness (QED) is 0.226. The number of amides is 1. The van der Waals surface area contributed by atoms with E-state index in [1.54, 1.807) is 0 Å². The zero-order valence-corrected chi connectivity index (χ0v) is 13.7. The second-order valence-electron chi connectivity index (χ2n) is 4.58. The number of carboxylic acid groups (broad SMARTS) is 2. The largest absolute Gasteiger partial charge is 0.480 e. The van der Waals surface area contributed by atoms with E-state index in [2.05, 4.69) is 36.4 Å². The second-order valence-corrected chi connectivity index (χ2v) is 4.95. The Labute approximate surface area is 144 Å². The number of thiol groups is 1. The van der Waals surface area contributed by atoms with Crippen LogP contribution in [0.2, 0.25) is 0 Å². The molecule has 1 aliphatic heterocycles. The van der Waals surface area contributed by atoms with Crippen LogP contribution in [0, 0.1) is 0 Å². The number of ether oxygens (including phenoxy) is 1. The summed E-state index contributed by atoms with van der Waals surface area (Å²) in [5.74, 6) is -2.98. The molecule has 1 fully saturated rings. The average Bonchev–Trinajstić information content (AvgIpc) is 3.01. The molecule has 134 valence electrons. The van der Waals surface area contributed by atoms with Gasteiger partial charge >= 0.3 is 17.9 Å². The van der Waals surface area contributed by atoms with Crippen LogP contribution in [0.1, 0.15) is 6.42 Å². The fourth-order valence-corrected chi connectivity index (χ4v) is 1.86. The molecule has 1 amide bonds. The molecule has 1 rings (SSSR count). The standard InChI is InChI=1S/C8H11NO4.C6H9NO3S/c1-2-7(10)13-5-3-6(8(11)12)9-4-5;1-2-5(8)7-4(3-11)6(9)10/h2,5-6,9H,1,3-4H2,(H,11,12);2,4,11H,1,3H2,(H,7,8)(H,9,10)/t5?,6-;4-/m00/s1. The lowest BCUT2D eigenvalue weighted by Crippen LogP contribution is -2.41. The lowest BCUT2D eigenvalue weighted by atomic mass is 10.2. The predicted molar refractivity (Wildman–Crippen MR) is 87.7 cm³/mol. The lowest BCUT2D eigenvalue weighted by molar-refractivity contribution is -0.144. The monoisotopic (exact) mass is 360 g/mol. The predicted octanol–water partition coefficient (Wildman–Crippen LogP) is -0.798. The van der Waals surface area contributed by atoms with Crippen LogP contribution in [-0.2, 0) is 23.9 Å². The number of carbonyl (C=O) groups is 4. The van der Waals surface area contributed by atoms with Gasteiger partial charge in [0.05, 0.1) is 0 Å². The molecule has 9 nitrogen and oxygen atoms in total. The molecule has 3 atom stereocenters. The highest BCUT2D eigenvalue weighted by atomic mass is 32.1. The normalized spacial score (nSPS) is 19.9. The summed E-state index contributed by atoms with van der Waals surface area (Å²) in [6.07, 6.45) is 2.04. The molecule has 0 aromatic heterocycles. The van der Waals surface area contributed by atoms with Crippen molar-refractivity contribution in [2.24, 2.45) is 0 Å². The van der Waals surface area contributed by atoms with Crippen molar-refractivity contribution < 1.29 is 34.1 Å². The van der Waals surface area contributed by atoms with Crippen molar-refractivity contribution in [2.45, 2.75) is 24.6 Å². The number of hydrogen-bond acceptors (Lipinski definition) is 7. The van der Waals surface area contributed by atoms with E-state index in [9.17, 15) is 19.2 Å². The summed E-state index contributed by atoms with van der Waals surface area (Å²) in [7, 11) is 0. The van der Waals surface area contributed by atoms with Gasteiger partial charge in [-0.25, -0.2) is 9.59 Å².